The summed E-state index contributed by atoms with van der Waals surface area (Å²) in [6, 6.07) is 0. The van der Waals surface area contributed by atoms with Gasteiger partial charge in [-0.1, -0.05) is 0 Å². The summed E-state index contributed by atoms with van der Waals surface area (Å²) in [7, 11) is 3.30. The first-order chi connectivity index (χ1) is 5.76. The number of carbonyl (C=O) groups is 1. The maximum Gasteiger partial charge on any atom is 0.226 e. The van der Waals surface area contributed by atoms with Crippen molar-refractivity contribution < 1.29 is 14.3 Å². The van der Waals surface area contributed by atoms with Gasteiger partial charge in [-0.15, -0.1) is 0 Å². The third-order valence-corrected chi connectivity index (χ3v) is 2.98. The van der Waals surface area contributed by atoms with Crippen molar-refractivity contribution in [3.05, 3.63) is 0 Å². The number of hydrogen-bond acceptors (Lipinski definition) is 3. The third-order valence-electron chi connectivity index (χ3n) is 2.98. The van der Waals surface area contributed by atoms with E-state index in [0.717, 1.165) is 0 Å². The molecule has 4 heteroatoms. The van der Waals surface area contributed by atoms with Crippen LogP contribution in [0.1, 0.15) is 0 Å². The first kappa shape index (κ1) is 8.01. The van der Waals surface area contributed by atoms with Gasteiger partial charge in [0.05, 0.1) is 19.1 Å². The largest absolute Gasteiger partial charge is 0.378 e. The van der Waals surface area contributed by atoms with Crippen molar-refractivity contribution in [3.63, 3.8) is 0 Å². The zero-order valence-corrected chi connectivity index (χ0v) is 7.29. The molecule has 3 unspecified atom stereocenters. The van der Waals surface area contributed by atoms with E-state index in [1.54, 1.807) is 14.2 Å². The molecule has 1 heterocycles. The fourth-order valence-electron chi connectivity index (χ4n) is 2.17. The molecule has 1 aliphatic carbocycles. The van der Waals surface area contributed by atoms with Crippen molar-refractivity contribution in [1.29, 1.82) is 0 Å². The van der Waals surface area contributed by atoms with Gasteiger partial charge in [-0.25, -0.2) is 0 Å². The summed E-state index contributed by atoms with van der Waals surface area (Å²) in [5, 5.41) is 2.64. The summed E-state index contributed by atoms with van der Waals surface area (Å²) in [5.74, 6) is 0.369. The zero-order valence-electron chi connectivity index (χ0n) is 7.29. The summed E-state index contributed by atoms with van der Waals surface area (Å²) < 4.78 is 10.5. The van der Waals surface area contributed by atoms with Crippen LogP contribution in [0.2, 0.25) is 0 Å². The lowest BCUT2D eigenvalue weighted by atomic mass is 10.2. The van der Waals surface area contributed by atoms with Crippen molar-refractivity contribution in [2.45, 2.75) is 5.60 Å². The molecule has 0 aromatic rings. The second-order valence-corrected chi connectivity index (χ2v) is 3.37. The van der Waals surface area contributed by atoms with E-state index >= 15 is 0 Å². The monoisotopic (exact) mass is 171 g/mol. The highest BCUT2D eigenvalue weighted by atomic mass is 16.6. The first-order valence-electron chi connectivity index (χ1n) is 4.11. The topological polar surface area (TPSA) is 47.6 Å². The molecule has 0 bridgehead atoms. The number of carbonyl (C=O) groups excluding carboxylic acids is 1. The maximum absolute atomic E-state index is 11.3. The maximum atomic E-state index is 11.3. The summed E-state index contributed by atoms with van der Waals surface area (Å²) in [5.41, 5.74) is -0.292. The molecular formula is C8H13NO3. The Morgan fingerprint density at radius 3 is 3.00 bits per heavy atom. The Bertz CT molecular complexity index is 218. The molecule has 1 saturated carbocycles. The van der Waals surface area contributed by atoms with Crippen LogP contribution in [0.3, 0.4) is 0 Å². The van der Waals surface area contributed by atoms with Gasteiger partial charge in [-0.05, 0) is 0 Å². The normalized spacial score (nSPS) is 43.8. The Balaban J connectivity index is 2.09. The number of nitrogens with one attached hydrogen (secondary N) is 1. The van der Waals surface area contributed by atoms with Gasteiger partial charge >= 0.3 is 0 Å². The van der Waals surface area contributed by atoms with Gasteiger partial charge in [0.15, 0.2) is 0 Å². The second kappa shape index (κ2) is 2.44. The molecule has 2 fully saturated rings. The van der Waals surface area contributed by atoms with Gasteiger partial charge in [0.1, 0.15) is 5.60 Å². The average Bonchev–Trinajstić information content (AvgIpc) is 2.54. The van der Waals surface area contributed by atoms with Gasteiger partial charge < -0.3 is 14.8 Å². The summed E-state index contributed by atoms with van der Waals surface area (Å²) >= 11 is 0. The number of amides is 1. The lowest BCUT2D eigenvalue weighted by Crippen LogP contribution is -2.29. The fraction of sp³-hybridized carbons (Fsp3) is 0.875. The van der Waals surface area contributed by atoms with Gasteiger partial charge in [-0.2, -0.15) is 0 Å². The lowest BCUT2D eigenvalue weighted by Gasteiger charge is -2.11. The number of hydrogen-bond donors (Lipinski definition) is 1. The summed E-state index contributed by atoms with van der Waals surface area (Å²) in [6.07, 6.45) is 0. The van der Waals surface area contributed by atoms with Gasteiger partial charge in [-0.3, -0.25) is 4.79 Å². The minimum Gasteiger partial charge on any atom is -0.378 e. The molecule has 0 aromatic carbocycles. The number of fused-ring (bicyclic) bond motifs is 1. The van der Waals surface area contributed by atoms with E-state index < -0.39 is 0 Å². The third kappa shape index (κ3) is 0.765. The van der Waals surface area contributed by atoms with E-state index in [2.05, 4.69) is 5.32 Å². The number of rotatable bonds is 2. The highest BCUT2D eigenvalue weighted by molar-refractivity contribution is 5.84. The van der Waals surface area contributed by atoms with Crippen LogP contribution >= 0.6 is 0 Å². The SMILES string of the molecule is CNC(=O)C1C2COCC21OC. The van der Waals surface area contributed by atoms with Gasteiger partial charge in [0, 0.05) is 20.1 Å². The summed E-state index contributed by atoms with van der Waals surface area (Å²) in [6.45, 7) is 1.22. The molecular weight excluding hydrogens is 158 g/mol. The van der Waals surface area contributed by atoms with Crippen LogP contribution in [0.15, 0.2) is 0 Å². The van der Waals surface area contributed by atoms with Crippen molar-refractivity contribution in [3.8, 4) is 0 Å². The molecule has 1 N–H and O–H groups in total. The van der Waals surface area contributed by atoms with E-state index in [-0.39, 0.29) is 23.3 Å². The van der Waals surface area contributed by atoms with Crippen LogP contribution in [-0.4, -0.2) is 38.9 Å². The van der Waals surface area contributed by atoms with Gasteiger partial charge in [0.2, 0.25) is 5.91 Å². The molecule has 3 atom stereocenters. The zero-order chi connectivity index (χ0) is 8.77. The van der Waals surface area contributed by atoms with Gasteiger partial charge in [0.25, 0.3) is 0 Å². The Morgan fingerprint density at radius 1 is 1.75 bits per heavy atom. The molecule has 68 valence electrons. The van der Waals surface area contributed by atoms with Crippen LogP contribution < -0.4 is 5.32 Å². The van der Waals surface area contributed by atoms with Crippen LogP contribution in [0.25, 0.3) is 0 Å². The quantitative estimate of drug-likeness (QED) is 0.603. The Labute approximate surface area is 71.2 Å². The molecule has 1 amide bonds. The molecule has 4 nitrogen and oxygen atoms in total. The van der Waals surface area contributed by atoms with Crippen molar-refractivity contribution in [2.75, 3.05) is 27.4 Å². The number of methoxy groups -OCH3 is 1. The van der Waals surface area contributed by atoms with E-state index in [9.17, 15) is 4.79 Å². The van der Waals surface area contributed by atoms with E-state index in [4.69, 9.17) is 9.47 Å². The summed E-state index contributed by atoms with van der Waals surface area (Å²) in [4.78, 5) is 11.3. The molecule has 2 rings (SSSR count). The predicted molar refractivity (Wildman–Crippen MR) is 41.6 cm³/mol. The Morgan fingerprint density at radius 2 is 2.50 bits per heavy atom. The van der Waals surface area contributed by atoms with Crippen molar-refractivity contribution >= 4 is 5.91 Å². The highest BCUT2D eigenvalue weighted by Gasteiger charge is 2.72. The van der Waals surface area contributed by atoms with Crippen LogP contribution in [0.5, 0.6) is 0 Å². The molecule has 0 radical (unpaired) electrons. The lowest BCUT2D eigenvalue weighted by molar-refractivity contribution is -0.125. The molecule has 0 aromatic heterocycles. The fourth-order valence-corrected chi connectivity index (χ4v) is 2.17. The molecule has 0 spiro atoms. The standard InChI is InChI=1S/C8H13NO3/c1-9-7(10)6-5-3-12-4-8(5,6)11-2/h5-6H,3-4H2,1-2H3,(H,9,10). The Hall–Kier alpha value is -0.610. The van der Waals surface area contributed by atoms with Crippen LogP contribution in [0, 0.1) is 11.8 Å². The molecule has 1 saturated heterocycles. The molecule has 12 heavy (non-hydrogen) atoms. The van der Waals surface area contributed by atoms with Crippen LogP contribution in [-0.2, 0) is 14.3 Å². The van der Waals surface area contributed by atoms with Crippen molar-refractivity contribution in [2.24, 2.45) is 11.8 Å². The molecule has 2 aliphatic rings. The average molecular weight is 171 g/mol. The smallest absolute Gasteiger partial charge is 0.226 e. The highest BCUT2D eigenvalue weighted by Crippen LogP contribution is 2.57. The second-order valence-electron chi connectivity index (χ2n) is 3.37. The predicted octanol–water partition coefficient (Wildman–Crippen LogP) is -0.606. The first-order valence-corrected chi connectivity index (χ1v) is 4.11. The minimum atomic E-state index is -0.292. The van der Waals surface area contributed by atoms with Crippen molar-refractivity contribution in [1.82, 2.24) is 5.32 Å². The van der Waals surface area contributed by atoms with E-state index in [1.165, 1.54) is 0 Å². The molecule has 1 aliphatic heterocycles. The Kier molecular flexibility index (Phi) is 1.63. The minimum absolute atomic E-state index is 0.0150. The van der Waals surface area contributed by atoms with E-state index in [1.807, 2.05) is 0 Å². The van der Waals surface area contributed by atoms with Crippen LogP contribution in [0.4, 0.5) is 0 Å². The van der Waals surface area contributed by atoms with E-state index in [0.29, 0.717) is 13.2 Å². The number of ether oxygens (including phenoxy) is 2.